The fraction of sp³-hybridized carbons (Fsp3) is 0.222. The maximum Gasteiger partial charge on any atom is 1.00 e. The normalized spacial score (nSPS) is 16.3. The summed E-state index contributed by atoms with van der Waals surface area (Å²) < 4.78 is 0. The Morgan fingerprint density at radius 1 is 1.09 bits per heavy atom. The number of benzene rings is 2. The van der Waals surface area contributed by atoms with Gasteiger partial charge in [0, 0.05) is 11.4 Å². The van der Waals surface area contributed by atoms with E-state index in [0.29, 0.717) is 6.17 Å². The van der Waals surface area contributed by atoms with Gasteiger partial charge >= 0.3 is 29.6 Å². The first-order valence-electron chi connectivity index (χ1n) is 7.38. The van der Waals surface area contributed by atoms with Crippen molar-refractivity contribution >= 4 is 17.8 Å². The van der Waals surface area contributed by atoms with Crippen LogP contribution in [-0.2, 0) is 4.79 Å². The number of hydrogen-bond acceptors (Lipinski definition) is 3. The molecule has 4 nitrogen and oxygen atoms in total. The summed E-state index contributed by atoms with van der Waals surface area (Å²) in [5, 5.41) is 10.5. The third-order valence-corrected chi connectivity index (χ3v) is 3.54. The molecule has 0 aliphatic carbocycles. The van der Waals surface area contributed by atoms with Gasteiger partial charge in [-0.25, -0.2) is 0 Å². The van der Waals surface area contributed by atoms with Crippen LogP contribution in [0.15, 0.2) is 60.7 Å². The Labute approximate surface area is 159 Å². The Morgan fingerprint density at radius 3 is 2.26 bits per heavy atom. The summed E-state index contributed by atoms with van der Waals surface area (Å²) in [7, 11) is 0. The van der Waals surface area contributed by atoms with Crippen LogP contribution in [0.25, 0.3) is 0 Å². The van der Waals surface area contributed by atoms with E-state index in [1.807, 2.05) is 6.07 Å². The quantitative estimate of drug-likeness (QED) is 0.495. The zero-order chi connectivity index (χ0) is 15.6. The van der Waals surface area contributed by atoms with Crippen LogP contribution in [0.2, 0.25) is 0 Å². The topological polar surface area (TPSA) is 52.6 Å². The average Bonchev–Trinajstić information content (AvgIpc) is 2.58. The van der Waals surface area contributed by atoms with Gasteiger partial charge in [-0.3, -0.25) is 4.79 Å². The van der Waals surface area contributed by atoms with E-state index in [0.717, 1.165) is 19.4 Å². The molecule has 0 radical (unpaired) electrons. The predicted molar refractivity (Wildman–Crippen MR) is 89.9 cm³/mol. The molecule has 0 bridgehead atoms. The second-order valence-electron chi connectivity index (χ2n) is 4.97. The van der Waals surface area contributed by atoms with E-state index < -0.39 is 0 Å². The molecular formula is C18H21N2NaO2. The fourth-order valence-corrected chi connectivity index (χ4v) is 2.58. The van der Waals surface area contributed by atoms with Crippen molar-refractivity contribution in [3.8, 4) is 0 Å². The third-order valence-electron chi connectivity index (χ3n) is 3.54. The SMILES string of the molecule is O=CO.[Na+].c1ccc(NC2C[CH-]CCN2c2ccccc2)cc1. The Hall–Kier alpha value is -1.49. The molecule has 2 aromatic carbocycles. The maximum absolute atomic E-state index is 8.36. The van der Waals surface area contributed by atoms with Crippen LogP contribution in [-0.4, -0.2) is 24.3 Å². The molecule has 1 saturated heterocycles. The van der Waals surface area contributed by atoms with E-state index in [9.17, 15) is 0 Å². The molecule has 1 unspecified atom stereocenters. The Balaban J connectivity index is 0.000000615. The minimum atomic E-state index is -0.250. The molecule has 1 atom stereocenters. The van der Waals surface area contributed by atoms with Crippen molar-refractivity contribution in [3.05, 3.63) is 67.1 Å². The van der Waals surface area contributed by atoms with Crippen molar-refractivity contribution in [1.82, 2.24) is 0 Å². The summed E-state index contributed by atoms with van der Waals surface area (Å²) in [6, 6.07) is 21.1. The van der Waals surface area contributed by atoms with Gasteiger partial charge in [0.1, 0.15) is 0 Å². The van der Waals surface area contributed by atoms with Gasteiger partial charge in [0.15, 0.2) is 0 Å². The number of rotatable bonds is 3. The standard InChI is InChI=1S/C17H19N2.CH2O2.Na/c1-3-9-15(10-4-1)18-17-13-7-8-14-19(17)16-11-5-2-6-12-16;2-1-3;/h1-7,9-12,17-18H,8,13-14H2;1H,(H,2,3);/q-1;;+1. The number of para-hydroxylation sites is 2. The zero-order valence-corrected chi connectivity index (χ0v) is 15.4. The fourth-order valence-electron chi connectivity index (χ4n) is 2.58. The molecule has 0 aromatic heterocycles. The third kappa shape index (κ3) is 6.26. The van der Waals surface area contributed by atoms with Crippen LogP contribution < -0.4 is 39.8 Å². The molecule has 23 heavy (non-hydrogen) atoms. The summed E-state index contributed by atoms with van der Waals surface area (Å²) in [4.78, 5) is 10.8. The number of anilines is 2. The number of nitrogens with zero attached hydrogens (tertiary/aromatic N) is 1. The summed E-state index contributed by atoms with van der Waals surface area (Å²) in [5.41, 5.74) is 2.48. The molecule has 2 aromatic rings. The van der Waals surface area contributed by atoms with Gasteiger partial charge < -0.3 is 21.7 Å². The largest absolute Gasteiger partial charge is 1.00 e. The maximum atomic E-state index is 8.36. The Morgan fingerprint density at radius 2 is 1.65 bits per heavy atom. The van der Waals surface area contributed by atoms with Gasteiger partial charge in [-0.1, -0.05) is 36.4 Å². The molecule has 0 saturated carbocycles. The van der Waals surface area contributed by atoms with Crippen molar-refractivity contribution in [2.45, 2.75) is 19.0 Å². The molecule has 0 amide bonds. The minimum absolute atomic E-state index is 0. The van der Waals surface area contributed by atoms with Crippen LogP contribution in [0.4, 0.5) is 11.4 Å². The van der Waals surface area contributed by atoms with Crippen molar-refractivity contribution in [2.24, 2.45) is 0 Å². The summed E-state index contributed by atoms with van der Waals surface area (Å²) >= 11 is 0. The van der Waals surface area contributed by atoms with Crippen LogP contribution in [0.3, 0.4) is 0 Å². The molecular weight excluding hydrogens is 299 g/mol. The first kappa shape index (κ1) is 19.6. The van der Waals surface area contributed by atoms with E-state index in [-0.39, 0.29) is 36.0 Å². The number of carboxylic acid groups (broad SMARTS) is 1. The van der Waals surface area contributed by atoms with Gasteiger partial charge in [0.05, 0.1) is 6.17 Å². The second-order valence-corrected chi connectivity index (χ2v) is 4.97. The monoisotopic (exact) mass is 320 g/mol. The van der Waals surface area contributed by atoms with Crippen molar-refractivity contribution < 1.29 is 39.5 Å². The molecule has 1 fully saturated rings. The van der Waals surface area contributed by atoms with E-state index in [1.165, 1.54) is 11.4 Å². The summed E-state index contributed by atoms with van der Waals surface area (Å²) in [5.74, 6) is 0. The molecule has 1 aliphatic heterocycles. The first-order chi connectivity index (χ1) is 10.8. The number of piperidine rings is 1. The minimum Gasteiger partial charge on any atom is -0.483 e. The van der Waals surface area contributed by atoms with E-state index >= 15 is 0 Å². The molecule has 1 aliphatic rings. The van der Waals surface area contributed by atoms with Crippen LogP contribution >= 0.6 is 0 Å². The van der Waals surface area contributed by atoms with Crippen molar-refractivity contribution in [1.29, 1.82) is 0 Å². The number of carbonyl (C=O) groups is 1. The van der Waals surface area contributed by atoms with E-state index in [2.05, 4.69) is 71.2 Å². The van der Waals surface area contributed by atoms with Gasteiger partial charge in [0.25, 0.3) is 6.47 Å². The van der Waals surface area contributed by atoms with Crippen LogP contribution in [0.5, 0.6) is 0 Å². The first-order valence-corrected chi connectivity index (χ1v) is 7.38. The van der Waals surface area contributed by atoms with Crippen LogP contribution in [0, 0.1) is 6.42 Å². The summed E-state index contributed by atoms with van der Waals surface area (Å²) in [6.07, 6.45) is 4.95. The van der Waals surface area contributed by atoms with Gasteiger partial charge in [-0.15, -0.1) is 6.42 Å². The second kappa shape index (κ2) is 11.1. The molecule has 0 spiro atoms. The molecule has 5 heteroatoms. The number of nitrogens with one attached hydrogen (secondary N) is 1. The molecule has 3 rings (SSSR count). The summed E-state index contributed by atoms with van der Waals surface area (Å²) in [6.45, 7) is 0.828. The zero-order valence-electron chi connectivity index (χ0n) is 13.4. The smallest absolute Gasteiger partial charge is 0.483 e. The van der Waals surface area contributed by atoms with E-state index in [4.69, 9.17) is 9.90 Å². The Bertz CT molecular complexity index is 551. The Kier molecular flexibility index (Phi) is 9.45. The molecule has 1 heterocycles. The van der Waals surface area contributed by atoms with Crippen LogP contribution in [0.1, 0.15) is 12.8 Å². The average molecular weight is 320 g/mol. The molecule has 2 N–H and O–H groups in total. The number of hydrogen-bond donors (Lipinski definition) is 2. The van der Waals surface area contributed by atoms with Gasteiger partial charge in [0.2, 0.25) is 0 Å². The van der Waals surface area contributed by atoms with Gasteiger partial charge in [-0.2, -0.15) is 6.42 Å². The predicted octanol–water partition coefficient (Wildman–Crippen LogP) is 0.634. The van der Waals surface area contributed by atoms with Crippen molar-refractivity contribution in [3.63, 3.8) is 0 Å². The molecule has 116 valence electrons. The van der Waals surface area contributed by atoms with Gasteiger partial charge in [-0.05, 0) is 30.8 Å². The van der Waals surface area contributed by atoms with E-state index in [1.54, 1.807) is 0 Å². The van der Waals surface area contributed by atoms with Crippen molar-refractivity contribution in [2.75, 3.05) is 16.8 Å².